The quantitative estimate of drug-likeness (QED) is 0.782. The number of hydrogen-bond acceptors (Lipinski definition) is 6. The number of carbonyl (C=O) groups excluding carboxylic acids is 2. The maximum Gasteiger partial charge on any atom is 0.261 e. The summed E-state index contributed by atoms with van der Waals surface area (Å²) >= 11 is 2.83. The second-order valence-corrected chi connectivity index (χ2v) is 7.15. The highest BCUT2D eigenvalue weighted by molar-refractivity contribution is 7.98. The first kappa shape index (κ1) is 17.6. The maximum atomic E-state index is 12.4. The van der Waals surface area contributed by atoms with Crippen LogP contribution in [0.1, 0.15) is 16.6 Å². The van der Waals surface area contributed by atoms with Gasteiger partial charge in [0.2, 0.25) is 5.91 Å². The molecule has 3 rings (SSSR count). The Kier molecular flexibility index (Phi) is 5.50. The molecular weight excluding hydrogens is 360 g/mol. The van der Waals surface area contributed by atoms with Crippen LogP contribution in [0, 0.1) is 0 Å². The van der Waals surface area contributed by atoms with E-state index in [9.17, 15) is 9.59 Å². The Morgan fingerprint density at radius 1 is 1.24 bits per heavy atom. The molecule has 2 amide bonds. The molecule has 0 fully saturated rings. The van der Waals surface area contributed by atoms with Crippen LogP contribution in [-0.4, -0.2) is 37.3 Å². The van der Waals surface area contributed by atoms with Crippen molar-refractivity contribution in [3.05, 3.63) is 34.5 Å². The molecule has 2 N–H and O–H groups in total. The van der Waals surface area contributed by atoms with Crippen molar-refractivity contribution in [2.75, 3.05) is 24.8 Å². The Balaban J connectivity index is 1.70. The van der Waals surface area contributed by atoms with Crippen molar-refractivity contribution < 1.29 is 19.1 Å². The van der Waals surface area contributed by atoms with Gasteiger partial charge >= 0.3 is 0 Å². The van der Waals surface area contributed by atoms with Crippen molar-refractivity contribution in [3.8, 4) is 11.5 Å². The van der Waals surface area contributed by atoms with Crippen molar-refractivity contribution in [1.29, 1.82) is 0 Å². The first-order chi connectivity index (χ1) is 12.1. The highest BCUT2D eigenvalue weighted by atomic mass is 32.2. The van der Waals surface area contributed by atoms with Crippen LogP contribution >= 0.6 is 23.1 Å². The lowest BCUT2D eigenvalue weighted by atomic mass is 10.2. The normalized spacial score (nSPS) is 13.8. The van der Waals surface area contributed by atoms with Gasteiger partial charge in [0.05, 0.1) is 10.6 Å². The fraction of sp³-hybridized carbons (Fsp3) is 0.294. The van der Waals surface area contributed by atoms with Crippen LogP contribution in [0.25, 0.3) is 0 Å². The Bertz CT molecular complexity index is 777. The van der Waals surface area contributed by atoms with Crippen LogP contribution in [0.3, 0.4) is 0 Å². The van der Waals surface area contributed by atoms with Crippen LogP contribution in [0.5, 0.6) is 11.5 Å². The highest BCUT2D eigenvalue weighted by Crippen LogP contribution is 2.39. The molecule has 0 aliphatic carbocycles. The third-order valence-electron chi connectivity index (χ3n) is 3.61. The summed E-state index contributed by atoms with van der Waals surface area (Å²) in [6.07, 6.45) is 1.92. The molecule has 25 heavy (non-hydrogen) atoms. The number of nitrogens with one attached hydrogen (secondary N) is 2. The van der Waals surface area contributed by atoms with E-state index < -0.39 is 6.04 Å². The molecule has 0 spiro atoms. The molecule has 0 bridgehead atoms. The molecule has 1 aliphatic heterocycles. The number of thioether (sulfide) groups is 1. The molecular formula is C17H18N2O4S2. The van der Waals surface area contributed by atoms with Gasteiger partial charge in [0.1, 0.15) is 19.3 Å². The minimum absolute atomic E-state index is 0.259. The van der Waals surface area contributed by atoms with Gasteiger partial charge in [-0.05, 0) is 30.7 Å². The lowest BCUT2D eigenvalue weighted by molar-refractivity contribution is -0.117. The number of thiophene rings is 1. The predicted octanol–water partition coefficient (Wildman–Crippen LogP) is 3.00. The summed E-state index contributed by atoms with van der Waals surface area (Å²) in [5.41, 5.74) is 0.638. The number of ether oxygens (including phenoxy) is 2. The van der Waals surface area contributed by atoms with E-state index in [1.54, 1.807) is 25.1 Å². The first-order valence-corrected chi connectivity index (χ1v) is 9.82. The topological polar surface area (TPSA) is 76.7 Å². The molecule has 6 nitrogen and oxygen atoms in total. The minimum Gasteiger partial charge on any atom is -0.486 e. The first-order valence-electron chi connectivity index (χ1n) is 7.71. The average Bonchev–Trinajstić information content (AvgIpc) is 3.15. The second-order valence-electron chi connectivity index (χ2n) is 5.36. The van der Waals surface area contributed by atoms with Gasteiger partial charge in [-0.1, -0.05) is 6.07 Å². The molecule has 1 aromatic heterocycles. The zero-order valence-electron chi connectivity index (χ0n) is 13.8. The van der Waals surface area contributed by atoms with Gasteiger partial charge in [0.25, 0.3) is 5.91 Å². The molecule has 8 heteroatoms. The van der Waals surface area contributed by atoms with Gasteiger partial charge in [-0.15, -0.1) is 23.1 Å². The summed E-state index contributed by atoms with van der Waals surface area (Å²) in [7, 11) is 0. The van der Waals surface area contributed by atoms with Gasteiger partial charge in [-0.3, -0.25) is 9.59 Å². The van der Waals surface area contributed by atoms with Crippen molar-refractivity contribution in [2.24, 2.45) is 0 Å². The Morgan fingerprint density at radius 2 is 1.96 bits per heavy atom. The zero-order chi connectivity index (χ0) is 17.8. The molecule has 0 saturated carbocycles. The smallest absolute Gasteiger partial charge is 0.261 e. The molecule has 0 saturated heterocycles. The fourth-order valence-corrected chi connectivity index (χ4v) is 3.50. The van der Waals surface area contributed by atoms with Crippen LogP contribution in [0.15, 0.2) is 34.5 Å². The Morgan fingerprint density at radius 3 is 2.60 bits per heavy atom. The number of amides is 2. The monoisotopic (exact) mass is 378 g/mol. The molecule has 0 radical (unpaired) electrons. The number of rotatable bonds is 5. The van der Waals surface area contributed by atoms with Gasteiger partial charge in [-0.25, -0.2) is 0 Å². The van der Waals surface area contributed by atoms with E-state index >= 15 is 0 Å². The van der Waals surface area contributed by atoms with Gasteiger partial charge in [0.15, 0.2) is 11.5 Å². The third-order valence-corrected chi connectivity index (χ3v) is 5.25. The molecule has 1 aromatic carbocycles. The molecule has 2 aromatic rings. The zero-order valence-corrected chi connectivity index (χ0v) is 15.5. The van der Waals surface area contributed by atoms with Crippen LogP contribution < -0.4 is 20.1 Å². The maximum absolute atomic E-state index is 12.4. The summed E-state index contributed by atoms with van der Waals surface area (Å²) in [4.78, 5) is 26.0. The largest absolute Gasteiger partial charge is 0.486 e. The number of anilines is 1. The Labute approximate surface area is 153 Å². The standard InChI is InChI=1S/C17H18N2O4S2/c1-10(18-17(21)14-4-3-7-25-14)16(20)19-11-8-12-13(9-15(11)24-2)23-6-5-22-12/h3-4,7-10H,5-6H2,1-2H3,(H,18,21)(H,19,20). The van der Waals surface area contributed by atoms with E-state index in [2.05, 4.69) is 10.6 Å². The minimum atomic E-state index is -0.669. The fourth-order valence-electron chi connectivity index (χ4n) is 2.32. The summed E-state index contributed by atoms with van der Waals surface area (Å²) in [5, 5.41) is 7.37. The number of carbonyl (C=O) groups is 2. The summed E-state index contributed by atoms with van der Waals surface area (Å²) in [5.74, 6) is 0.726. The average molecular weight is 378 g/mol. The molecule has 1 unspecified atom stereocenters. The molecule has 1 aliphatic rings. The van der Waals surface area contributed by atoms with Crippen molar-refractivity contribution >= 4 is 40.6 Å². The van der Waals surface area contributed by atoms with E-state index in [1.165, 1.54) is 23.1 Å². The van der Waals surface area contributed by atoms with E-state index in [1.807, 2.05) is 17.7 Å². The SMILES string of the molecule is CSc1cc2c(cc1NC(=O)C(C)NC(=O)c1cccs1)OCCO2. The summed E-state index contributed by atoms with van der Waals surface area (Å²) in [6, 6.07) is 6.45. The van der Waals surface area contributed by atoms with Crippen molar-refractivity contribution in [3.63, 3.8) is 0 Å². The van der Waals surface area contributed by atoms with Gasteiger partial charge in [0, 0.05) is 11.0 Å². The Hall–Kier alpha value is -2.19. The van der Waals surface area contributed by atoms with Crippen LogP contribution in [-0.2, 0) is 4.79 Å². The molecule has 1 atom stereocenters. The van der Waals surface area contributed by atoms with Gasteiger partial charge < -0.3 is 20.1 Å². The summed E-state index contributed by atoms with van der Waals surface area (Å²) in [6.45, 7) is 2.64. The van der Waals surface area contributed by atoms with E-state index in [0.717, 1.165) is 4.90 Å². The van der Waals surface area contributed by atoms with E-state index in [-0.39, 0.29) is 11.8 Å². The third kappa shape index (κ3) is 4.08. The summed E-state index contributed by atoms with van der Waals surface area (Å²) < 4.78 is 11.1. The lowest BCUT2D eigenvalue weighted by Crippen LogP contribution is -2.41. The van der Waals surface area contributed by atoms with E-state index in [4.69, 9.17) is 9.47 Å². The number of fused-ring (bicyclic) bond motifs is 1. The van der Waals surface area contributed by atoms with Crippen LogP contribution in [0.2, 0.25) is 0 Å². The predicted molar refractivity (Wildman–Crippen MR) is 99.1 cm³/mol. The number of hydrogen-bond donors (Lipinski definition) is 2. The van der Waals surface area contributed by atoms with E-state index in [0.29, 0.717) is 35.3 Å². The van der Waals surface area contributed by atoms with Crippen LogP contribution in [0.4, 0.5) is 5.69 Å². The molecule has 2 heterocycles. The van der Waals surface area contributed by atoms with Crippen molar-refractivity contribution in [2.45, 2.75) is 17.9 Å². The lowest BCUT2D eigenvalue weighted by Gasteiger charge is -2.21. The number of benzene rings is 1. The van der Waals surface area contributed by atoms with Gasteiger partial charge in [-0.2, -0.15) is 0 Å². The second kappa shape index (κ2) is 7.79. The highest BCUT2D eigenvalue weighted by Gasteiger charge is 2.21. The van der Waals surface area contributed by atoms with Crippen molar-refractivity contribution in [1.82, 2.24) is 5.32 Å². The molecule has 132 valence electrons.